The van der Waals surface area contributed by atoms with Crippen LogP contribution in [-0.4, -0.2) is 0 Å². The molecule has 1 aromatic carbocycles. The molecule has 1 aromatic rings. The van der Waals surface area contributed by atoms with E-state index in [1.54, 1.807) is 12.1 Å². The molecule has 0 atom stereocenters. The summed E-state index contributed by atoms with van der Waals surface area (Å²) < 4.78 is 0. The summed E-state index contributed by atoms with van der Waals surface area (Å²) in [6.07, 6.45) is 0. The van der Waals surface area contributed by atoms with Crippen molar-refractivity contribution in [2.45, 2.75) is 0 Å². The van der Waals surface area contributed by atoms with Gasteiger partial charge in [0.1, 0.15) is 0 Å². The van der Waals surface area contributed by atoms with Crippen LogP contribution in [0.4, 0.5) is 11.4 Å². The summed E-state index contributed by atoms with van der Waals surface area (Å²) in [6, 6.07) is 7.25. The highest BCUT2D eigenvalue weighted by Gasteiger charge is 1.85. The molecule has 54 valence electrons. The smallest absolute Gasteiger partial charge is 0.0547 e. The van der Waals surface area contributed by atoms with Crippen LogP contribution in [0.3, 0.4) is 0 Å². The molecule has 0 fully saturated rings. The average Bonchev–Trinajstić information content (AvgIpc) is 2.00. The van der Waals surface area contributed by atoms with Gasteiger partial charge >= 0.3 is 0 Å². The molecule has 0 heterocycles. The minimum atomic E-state index is 0.646. The Bertz CT molecular complexity index is 175. The maximum Gasteiger partial charge on any atom is 0.0547 e. The molecule has 0 aliphatic heterocycles. The van der Waals surface area contributed by atoms with E-state index in [9.17, 15) is 0 Å². The predicted molar refractivity (Wildman–Crippen MR) is 46.5 cm³/mol. The van der Waals surface area contributed by atoms with Gasteiger partial charge in [-0.3, -0.25) is 0 Å². The Balaban J connectivity index is 0.000000371. The van der Waals surface area contributed by atoms with E-state index < -0.39 is 0 Å². The van der Waals surface area contributed by atoms with E-state index in [1.165, 1.54) is 0 Å². The van der Waals surface area contributed by atoms with Crippen LogP contribution >= 0.6 is 0 Å². The van der Waals surface area contributed by atoms with E-state index in [2.05, 4.69) is 13.2 Å². The van der Waals surface area contributed by atoms with Gasteiger partial charge in [0, 0.05) is 0 Å². The van der Waals surface area contributed by atoms with Crippen molar-refractivity contribution in [3.63, 3.8) is 0 Å². The maximum atomic E-state index is 5.39. The van der Waals surface area contributed by atoms with Crippen LogP contribution in [0.1, 0.15) is 0 Å². The van der Waals surface area contributed by atoms with Crippen molar-refractivity contribution in [1.82, 2.24) is 0 Å². The molecule has 0 amide bonds. The first kappa shape index (κ1) is 8.56. The zero-order chi connectivity index (χ0) is 7.98. The second-order valence-electron chi connectivity index (χ2n) is 1.63. The van der Waals surface area contributed by atoms with Crippen LogP contribution in [0.15, 0.2) is 37.4 Å². The summed E-state index contributed by atoms with van der Waals surface area (Å²) in [6.45, 7) is 6.00. The zero-order valence-corrected chi connectivity index (χ0v) is 5.88. The van der Waals surface area contributed by atoms with Gasteiger partial charge in [-0.25, -0.2) is 0 Å². The summed E-state index contributed by atoms with van der Waals surface area (Å²) in [4.78, 5) is 0. The summed E-state index contributed by atoms with van der Waals surface area (Å²) in [5.74, 6) is 0. The van der Waals surface area contributed by atoms with Gasteiger partial charge in [0.2, 0.25) is 0 Å². The lowest BCUT2D eigenvalue weighted by molar-refractivity contribution is 1.67. The number of hydrogen-bond acceptors (Lipinski definition) is 2. The molecule has 0 aliphatic carbocycles. The molecule has 0 aliphatic rings. The third-order valence-electron chi connectivity index (χ3n) is 0.996. The Labute approximate surface area is 61.2 Å². The Kier molecular flexibility index (Phi) is 3.80. The lowest BCUT2D eigenvalue weighted by atomic mass is 10.3. The van der Waals surface area contributed by atoms with Gasteiger partial charge in [-0.2, -0.15) is 0 Å². The van der Waals surface area contributed by atoms with Gasteiger partial charge in [0.15, 0.2) is 0 Å². The van der Waals surface area contributed by atoms with Crippen LogP contribution in [0.25, 0.3) is 0 Å². The van der Waals surface area contributed by atoms with Crippen molar-refractivity contribution >= 4 is 11.4 Å². The predicted octanol–water partition coefficient (Wildman–Crippen LogP) is 1.65. The number of anilines is 2. The summed E-state index contributed by atoms with van der Waals surface area (Å²) in [5.41, 5.74) is 12.1. The first-order valence-electron chi connectivity index (χ1n) is 2.90. The second-order valence-corrected chi connectivity index (χ2v) is 1.63. The summed E-state index contributed by atoms with van der Waals surface area (Å²) in [7, 11) is 0. The molecular weight excluding hydrogens is 124 g/mol. The van der Waals surface area contributed by atoms with Gasteiger partial charge < -0.3 is 11.5 Å². The highest BCUT2D eigenvalue weighted by molar-refractivity contribution is 5.62. The number of nitrogen functional groups attached to an aromatic ring is 2. The highest BCUT2D eigenvalue weighted by Crippen LogP contribution is 2.10. The largest absolute Gasteiger partial charge is 0.397 e. The van der Waals surface area contributed by atoms with E-state index in [-0.39, 0.29) is 0 Å². The van der Waals surface area contributed by atoms with Gasteiger partial charge in [-0.05, 0) is 12.1 Å². The first-order chi connectivity index (χ1) is 4.80. The van der Waals surface area contributed by atoms with Gasteiger partial charge in [0.25, 0.3) is 0 Å². The molecule has 1 rings (SSSR count). The third kappa shape index (κ3) is 2.22. The molecule has 4 N–H and O–H groups in total. The molecule has 0 spiro atoms. The molecule has 0 aromatic heterocycles. The number of nitrogens with two attached hydrogens (primary N) is 2. The van der Waals surface area contributed by atoms with E-state index in [4.69, 9.17) is 11.5 Å². The van der Waals surface area contributed by atoms with Crippen LogP contribution < -0.4 is 11.5 Å². The van der Waals surface area contributed by atoms with Crippen LogP contribution in [-0.2, 0) is 0 Å². The molecule has 0 radical (unpaired) electrons. The molecule has 0 saturated carbocycles. The zero-order valence-electron chi connectivity index (χ0n) is 5.88. The van der Waals surface area contributed by atoms with E-state index in [1.807, 2.05) is 12.1 Å². The topological polar surface area (TPSA) is 52.0 Å². The fourth-order valence-electron chi connectivity index (χ4n) is 0.511. The first-order valence-corrected chi connectivity index (χ1v) is 2.90. The Morgan fingerprint density at radius 2 is 1.20 bits per heavy atom. The normalized spacial score (nSPS) is 7.60. The minimum Gasteiger partial charge on any atom is -0.397 e. The molecule has 0 unspecified atom stereocenters. The molecule has 10 heavy (non-hydrogen) atoms. The highest BCUT2D eigenvalue weighted by atomic mass is 14.7. The van der Waals surface area contributed by atoms with Gasteiger partial charge in [-0.1, -0.05) is 12.1 Å². The molecule has 0 bridgehead atoms. The van der Waals surface area contributed by atoms with Crippen molar-refractivity contribution in [1.29, 1.82) is 0 Å². The van der Waals surface area contributed by atoms with Gasteiger partial charge in [0.05, 0.1) is 11.4 Å². The van der Waals surface area contributed by atoms with Crippen molar-refractivity contribution in [3.05, 3.63) is 37.4 Å². The average molecular weight is 136 g/mol. The van der Waals surface area contributed by atoms with Crippen molar-refractivity contribution in [2.75, 3.05) is 11.5 Å². The Morgan fingerprint density at radius 3 is 1.40 bits per heavy atom. The Hall–Kier alpha value is -1.44. The number of hydrogen-bond donors (Lipinski definition) is 2. The number of benzene rings is 1. The van der Waals surface area contributed by atoms with Crippen molar-refractivity contribution in [3.8, 4) is 0 Å². The number of rotatable bonds is 0. The minimum absolute atomic E-state index is 0.646. The molecular formula is C8H12N2. The molecule has 0 saturated heterocycles. The lowest BCUT2D eigenvalue weighted by Crippen LogP contribution is -1.91. The van der Waals surface area contributed by atoms with Crippen molar-refractivity contribution < 1.29 is 0 Å². The number of para-hydroxylation sites is 2. The fourth-order valence-corrected chi connectivity index (χ4v) is 0.511. The van der Waals surface area contributed by atoms with E-state index in [0.29, 0.717) is 11.4 Å². The monoisotopic (exact) mass is 136 g/mol. The van der Waals surface area contributed by atoms with E-state index in [0.717, 1.165) is 0 Å². The standard InChI is InChI=1S/C6H8N2.C2H4/c7-5-3-1-2-4-6(5)8;1-2/h1-4H,7-8H2;1-2H2. The van der Waals surface area contributed by atoms with Crippen molar-refractivity contribution in [2.24, 2.45) is 0 Å². The lowest BCUT2D eigenvalue weighted by Gasteiger charge is -1.94. The van der Waals surface area contributed by atoms with Crippen LogP contribution in [0, 0.1) is 0 Å². The van der Waals surface area contributed by atoms with E-state index >= 15 is 0 Å². The SMILES string of the molecule is C=C.Nc1ccccc1N. The third-order valence-corrected chi connectivity index (χ3v) is 0.996. The van der Waals surface area contributed by atoms with Gasteiger partial charge in [-0.15, -0.1) is 13.2 Å². The second kappa shape index (κ2) is 4.44. The fraction of sp³-hybridized carbons (Fsp3) is 0. The molecule has 2 nitrogen and oxygen atoms in total. The summed E-state index contributed by atoms with van der Waals surface area (Å²) >= 11 is 0. The van der Waals surface area contributed by atoms with Crippen LogP contribution in [0.5, 0.6) is 0 Å². The Morgan fingerprint density at radius 1 is 0.900 bits per heavy atom. The summed E-state index contributed by atoms with van der Waals surface area (Å²) in [5, 5.41) is 0. The quantitative estimate of drug-likeness (QED) is 0.421. The maximum absolute atomic E-state index is 5.39. The molecule has 2 heteroatoms. The van der Waals surface area contributed by atoms with Crippen LogP contribution in [0.2, 0.25) is 0 Å².